The van der Waals surface area contributed by atoms with Crippen molar-refractivity contribution in [3.05, 3.63) is 41.7 Å². The summed E-state index contributed by atoms with van der Waals surface area (Å²) in [6.07, 6.45) is 2.78. The van der Waals surface area contributed by atoms with Gasteiger partial charge in [0.05, 0.1) is 29.6 Å². The first-order chi connectivity index (χ1) is 11.5. The van der Waals surface area contributed by atoms with Gasteiger partial charge in [-0.3, -0.25) is 0 Å². The Morgan fingerprint density at radius 2 is 2.25 bits per heavy atom. The van der Waals surface area contributed by atoms with Crippen molar-refractivity contribution < 1.29 is 14.6 Å². The second-order valence-corrected chi connectivity index (χ2v) is 6.44. The Bertz CT molecular complexity index is 843. The number of aromatic carboxylic acids is 1. The van der Waals surface area contributed by atoms with Crippen molar-refractivity contribution in [1.82, 2.24) is 20.0 Å². The molecule has 1 aromatic carbocycles. The minimum atomic E-state index is -1.01. The minimum Gasteiger partial charge on any atom is -0.493 e. The number of nitrogens with zero attached hydrogens (tertiary/aromatic N) is 4. The monoisotopic (exact) mass is 344 g/mol. The molecule has 3 aromatic rings. The van der Waals surface area contributed by atoms with E-state index in [4.69, 9.17) is 9.84 Å². The average molecular weight is 344 g/mol. The Kier molecular flexibility index (Phi) is 4.57. The smallest absolute Gasteiger partial charge is 0.338 e. The zero-order valence-corrected chi connectivity index (χ0v) is 14.0. The second kappa shape index (κ2) is 6.79. The largest absolute Gasteiger partial charge is 0.493 e. The molecule has 0 saturated carbocycles. The molecule has 0 unspecified atom stereocenters. The first-order valence-electron chi connectivity index (χ1n) is 7.36. The van der Waals surface area contributed by atoms with E-state index >= 15 is 0 Å². The average Bonchev–Trinajstić information content (AvgIpc) is 3.24. The van der Waals surface area contributed by atoms with Gasteiger partial charge in [-0.15, -0.1) is 10.2 Å². The van der Waals surface area contributed by atoms with Gasteiger partial charge in [0.2, 0.25) is 0 Å². The molecule has 0 aliphatic carbocycles. The summed E-state index contributed by atoms with van der Waals surface area (Å²) in [4.78, 5) is 11.0. The third-order valence-corrected chi connectivity index (χ3v) is 3.94. The lowest BCUT2D eigenvalue weighted by atomic mass is 10.1. The van der Waals surface area contributed by atoms with Crippen LogP contribution in [0.25, 0.3) is 16.3 Å². The number of carbonyl (C=O) groups is 1. The first-order valence-corrected chi connectivity index (χ1v) is 8.24. The zero-order valence-electron chi connectivity index (χ0n) is 13.2. The molecule has 8 heteroatoms. The lowest BCUT2D eigenvalue weighted by molar-refractivity contribution is 0.0697. The van der Waals surface area contributed by atoms with Crippen LogP contribution in [0.3, 0.4) is 0 Å². The molecule has 2 heterocycles. The molecule has 0 atom stereocenters. The van der Waals surface area contributed by atoms with Crippen molar-refractivity contribution in [3.8, 4) is 22.0 Å². The van der Waals surface area contributed by atoms with Gasteiger partial charge in [-0.1, -0.05) is 25.2 Å². The van der Waals surface area contributed by atoms with Crippen LogP contribution >= 0.6 is 11.3 Å². The summed E-state index contributed by atoms with van der Waals surface area (Å²) in [5.74, 6) is 0.105. The van der Waals surface area contributed by atoms with Gasteiger partial charge in [0.15, 0.2) is 5.01 Å². The van der Waals surface area contributed by atoms with E-state index in [-0.39, 0.29) is 5.56 Å². The van der Waals surface area contributed by atoms with Gasteiger partial charge in [0, 0.05) is 6.20 Å². The molecule has 7 nitrogen and oxygen atoms in total. The van der Waals surface area contributed by atoms with Crippen LogP contribution in [-0.2, 0) is 0 Å². The Balaban J connectivity index is 2.00. The van der Waals surface area contributed by atoms with E-state index in [2.05, 4.69) is 29.1 Å². The Hall–Kier alpha value is -2.74. The SMILES string of the molecule is CC(C)COc1ccc(-n2cc(C(=O)O)cn2)cc1-c1nncs1. The Morgan fingerprint density at radius 3 is 2.88 bits per heavy atom. The fourth-order valence-corrected chi connectivity index (χ4v) is 2.65. The number of hydrogen-bond donors (Lipinski definition) is 1. The first kappa shape index (κ1) is 16.1. The summed E-state index contributed by atoms with van der Waals surface area (Å²) >= 11 is 1.41. The summed E-state index contributed by atoms with van der Waals surface area (Å²) in [7, 11) is 0. The summed E-state index contributed by atoms with van der Waals surface area (Å²) in [6, 6.07) is 5.55. The molecular formula is C16H16N4O3S. The molecule has 1 N–H and O–H groups in total. The Labute approximate surface area is 142 Å². The number of carboxylic acid groups (broad SMARTS) is 1. The third-order valence-electron chi connectivity index (χ3n) is 3.22. The van der Waals surface area contributed by atoms with E-state index in [1.165, 1.54) is 28.4 Å². The quantitative estimate of drug-likeness (QED) is 0.739. The number of ether oxygens (including phenoxy) is 1. The van der Waals surface area contributed by atoms with Crippen molar-refractivity contribution in [2.75, 3.05) is 6.61 Å². The molecule has 24 heavy (non-hydrogen) atoms. The van der Waals surface area contributed by atoms with E-state index in [0.29, 0.717) is 12.5 Å². The van der Waals surface area contributed by atoms with Crippen molar-refractivity contribution in [2.24, 2.45) is 5.92 Å². The van der Waals surface area contributed by atoms with Crippen molar-refractivity contribution in [2.45, 2.75) is 13.8 Å². The number of rotatable bonds is 6. The molecule has 0 fully saturated rings. The molecule has 0 saturated heterocycles. The fourth-order valence-electron chi connectivity index (χ4n) is 2.07. The summed E-state index contributed by atoms with van der Waals surface area (Å²) in [5, 5.41) is 21.8. The molecule has 0 aliphatic rings. The van der Waals surface area contributed by atoms with Gasteiger partial charge in [-0.05, 0) is 24.1 Å². The lowest BCUT2D eigenvalue weighted by Crippen LogP contribution is -2.06. The maximum absolute atomic E-state index is 11.0. The molecule has 0 radical (unpaired) electrons. The van der Waals surface area contributed by atoms with Gasteiger partial charge in [-0.2, -0.15) is 5.10 Å². The normalized spacial score (nSPS) is 11.0. The van der Waals surface area contributed by atoms with E-state index in [9.17, 15) is 4.79 Å². The van der Waals surface area contributed by atoms with Crippen LogP contribution < -0.4 is 4.74 Å². The summed E-state index contributed by atoms with van der Waals surface area (Å²) < 4.78 is 7.39. The van der Waals surface area contributed by atoms with Gasteiger partial charge in [-0.25, -0.2) is 9.48 Å². The van der Waals surface area contributed by atoms with E-state index < -0.39 is 5.97 Å². The van der Waals surface area contributed by atoms with Crippen LogP contribution in [0.15, 0.2) is 36.1 Å². The van der Waals surface area contributed by atoms with Gasteiger partial charge in [0.1, 0.15) is 11.3 Å². The lowest BCUT2D eigenvalue weighted by Gasteiger charge is -2.13. The molecule has 124 valence electrons. The van der Waals surface area contributed by atoms with Crippen molar-refractivity contribution >= 4 is 17.3 Å². The molecule has 0 amide bonds. The highest BCUT2D eigenvalue weighted by molar-refractivity contribution is 7.12. The highest BCUT2D eigenvalue weighted by Crippen LogP contribution is 2.33. The van der Waals surface area contributed by atoms with Gasteiger partial charge >= 0.3 is 5.97 Å². The van der Waals surface area contributed by atoms with E-state index in [0.717, 1.165) is 22.0 Å². The highest BCUT2D eigenvalue weighted by atomic mass is 32.1. The third kappa shape index (κ3) is 3.43. The van der Waals surface area contributed by atoms with Crippen LogP contribution in [0.4, 0.5) is 0 Å². The molecule has 2 aromatic heterocycles. The van der Waals surface area contributed by atoms with Crippen molar-refractivity contribution in [3.63, 3.8) is 0 Å². The number of hydrogen-bond acceptors (Lipinski definition) is 6. The van der Waals surface area contributed by atoms with E-state index in [1.807, 2.05) is 18.2 Å². The van der Waals surface area contributed by atoms with Crippen LogP contribution in [0.2, 0.25) is 0 Å². The predicted molar refractivity (Wildman–Crippen MR) is 89.8 cm³/mol. The van der Waals surface area contributed by atoms with Crippen LogP contribution in [0, 0.1) is 5.92 Å². The van der Waals surface area contributed by atoms with Gasteiger partial charge < -0.3 is 9.84 Å². The molecule has 0 bridgehead atoms. The number of benzene rings is 1. The Morgan fingerprint density at radius 1 is 1.42 bits per heavy atom. The van der Waals surface area contributed by atoms with Crippen molar-refractivity contribution in [1.29, 1.82) is 0 Å². The highest BCUT2D eigenvalue weighted by Gasteiger charge is 2.14. The number of carboxylic acids is 1. The minimum absolute atomic E-state index is 0.132. The van der Waals surface area contributed by atoms with Crippen LogP contribution in [-0.4, -0.2) is 37.7 Å². The molecule has 0 aliphatic heterocycles. The van der Waals surface area contributed by atoms with Crippen LogP contribution in [0.5, 0.6) is 5.75 Å². The summed E-state index contributed by atoms with van der Waals surface area (Å²) in [5.41, 5.74) is 3.32. The fraction of sp³-hybridized carbons (Fsp3) is 0.250. The van der Waals surface area contributed by atoms with Gasteiger partial charge in [0.25, 0.3) is 0 Å². The molecule has 0 spiro atoms. The second-order valence-electron chi connectivity index (χ2n) is 5.61. The number of aromatic nitrogens is 4. The topological polar surface area (TPSA) is 90.1 Å². The zero-order chi connectivity index (χ0) is 17.1. The van der Waals surface area contributed by atoms with E-state index in [1.54, 1.807) is 5.51 Å². The van der Waals surface area contributed by atoms with Crippen LogP contribution in [0.1, 0.15) is 24.2 Å². The maximum atomic E-state index is 11.0. The standard InChI is InChI=1S/C16H16N4O3S/c1-10(2)8-23-14-4-3-12(5-13(14)15-19-17-9-24-15)20-7-11(6-18-20)16(21)22/h3-7,9-10H,8H2,1-2H3,(H,21,22). The predicted octanol–water partition coefficient (Wildman–Crippen LogP) is 3.12. The maximum Gasteiger partial charge on any atom is 0.338 e. The molecular weight excluding hydrogens is 328 g/mol. The molecule has 3 rings (SSSR count). The summed E-state index contributed by atoms with van der Waals surface area (Å²) in [6.45, 7) is 4.75.